The van der Waals surface area contributed by atoms with E-state index in [1.807, 2.05) is 0 Å². The van der Waals surface area contributed by atoms with Crippen LogP contribution >= 0.6 is 22.7 Å². The molecule has 112 valence electrons. The molecule has 0 aromatic carbocycles. The van der Waals surface area contributed by atoms with Crippen molar-refractivity contribution < 1.29 is 9.53 Å². The summed E-state index contributed by atoms with van der Waals surface area (Å²) in [6.45, 7) is 0.570. The molecule has 21 heavy (non-hydrogen) atoms. The maximum Gasteiger partial charge on any atom is 0.321 e. The first kappa shape index (κ1) is 14.3. The van der Waals surface area contributed by atoms with Crippen LogP contribution in [-0.2, 0) is 19.3 Å². The number of ether oxygens (including phenoxy) is 1. The number of urea groups is 1. The van der Waals surface area contributed by atoms with Gasteiger partial charge in [0.05, 0.1) is 24.0 Å². The zero-order valence-electron chi connectivity index (χ0n) is 11.6. The van der Waals surface area contributed by atoms with Gasteiger partial charge in [0.25, 0.3) is 0 Å². The first-order valence-corrected chi connectivity index (χ1v) is 8.40. The Morgan fingerprint density at radius 2 is 2.33 bits per heavy atom. The summed E-state index contributed by atoms with van der Waals surface area (Å²) in [4.78, 5) is 21.8. The number of aryl methyl sites for hydroxylation is 2. The summed E-state index contributed by atoms with van der Waals surface area (Å²) in [5.74, 6) is 0. The van der Waals surface area contributed by atoms with E-state index in [9.17, 15) is 4.79 Å². The lowest BCUT2D eigenvalue weighted by atomic mass is 10.3. The number of carbonyl (C=O) groups is 1. The van der Waals surface area contributed by atoms with Crippen LogP contribution in [0, 0.1) is 0 Å². The number of nitrogens with one attached hydrogen (secondary N) is 2. The lowest BCUT2D eigenvalue weighted by molar-refractivity contribution is 0.252. The van der Waals surface area contributed by atoms with Gasteiger partial charge in [-0.3, -0.25) is 5.32 Å². The molecular formula is C13H16N4O2S2. The Morgan fingerprint density at radius 1 is 1.43 bits per heavy atom. The summed E-state index contributed by atoms with van der Waals surface area (Å²) < 4.78 is 5.02. The molecule has 1 aliphatic rings. The molecule has 2 aromatic heterocycles. The number of nitrogens with zero attached hydrogens (tertiary/aromatic N) is 2. The third-order valence-corrected chi connectivity index (χ3v) is 5.26. The highest BCUT2D eigenvalue weighted by atomic mass is 32.1. The molecule has 0 bridgehead atoms. The molecule has 0 fully saturated rings. The quantitative estimate of drug-likeness (QED) is 0.886. The molecule has 0 saturated carbocycles. The smallest absolute Gasteiger partial charge is 0.321 e. The van der Waals surface area contributed by atoms with Crippen molar-refractivity contribution in [2.75, 3.05) is 19.0 Å². The summed E-state index contributed by atoms with van der Waals surface area (Å²) in [7, 11) is 1.57. The number of anilines is 1. The summed E-state index contributed by atoms with van der Waals surface area (Å²) >= 11 is 3.07. The Kier molecular flexibility index (Phi) is 4.35. The number of aromatic nitrogens is 2. The second-order valence-corrected chi connectivity index (χ2v) is 6.81. The van der Waals surface area contributed by atoms with Crippen LogP contribution in [0.15, 0.2) is 6.20 Å². The lowest BCUT2D eigenvalue weighted by Crippen LogP contribution is -2.30. The highest BCUT2D eigenvalue weighted by Gasteiger charge is 2.16. The molecule has 0 spiro atoms. The van der Waals surface area contributed by atoms with Gasteiger partial charge in [-0.1, -0.05) is 11.3 Å². The topological polar surface area (TPSA) is 76.1 Å². The molecule has 0 saturated heterocycles. The SMILES string of the molecule is COc1cnc(NC(=O)NCCc2nc3c(s2)CCC3)s1. The minimum Gasteiger partial charge on any atom is -0.486 e. The molecular weight excluding hydrogens is 308 g/mol. The van der Waals surface area contributed by atoms with Crippen molar-refractivity contribution >= 4 is 33.8 Å². The number of hydrogen-bond acceptors (Lipinski definition) is 6. The Labute approximate surface area is 130 Å². The van der Waals surface area contributed by atoms with Crippen LogP contribution < -0.4 is 15.4 Å². The predicted molar refractivity (Wildman–Crippen MR) is 83.5 cm³/mol. The zero-order chi connectivity index (χ0) is 14.7. The van der Waals surface area contributed by atoms with E-state index >= 15 is 0 Å². The average Bonchev–Trinajstić information content (AvgIpc) is 3.13. The van der Waals surface area contributed by atoms with Crippen LogP contribution in [-0.4, -0.2) is 29.7 Å². The van der Waals surface area contributed by atoms with Gasteiger partial charge in [0.1, 0.15) is 0 Å². The van der Waals surface area contributed by atoms with Gasteiger partial charge in [-0.15, -0.1) is 11.3 Å². The fourth-order valence-corrected chi connectivity index (χ4v) is 3.97. The van der Waals surface area contributed by atoms with Crippen molar-refractivity contribution in [2.45, 2.75) is 25.7 Å². The fraction of sp³-hybridized carbons (Fsp3) is 0.462. The molecule has 3 rings (SSSR count). The second-order valence-electron chi connectivity index (χ2n) is 4.65. The third-order valence-electron chi connectivity index (χ3n) is 3.17. The Bertz CT molecular complexity index is 616. The number of amides is 2. The number of thiazole rings is 2. The summed E-state index contributed by atoms with van der Waals surface area (Å²) in [6.07, 6.45) is 5.84. The second kappa shape index (κ2) is 6.40. The van der Waals surface area contributed by atoms with E-state index in [0.29, 0.717) is 16.7 Å². The highest BCUT2D eigenvalue weighted by Crippen LogP contribution is 2.27. The Hall–Kier alpha value is -1.67. The van der Waals surface area contributed by atoms with Crippen molar-refractivity contribution in [3.63, 3.8) is 0 Å². The standard InChI is InChI=1S/C13H16N4O2S2/c1-19-11-7-15-13(21-11)17-12(18)14-6-5-10-16-8-3-2-4-9(8)20-10/h7H,2-6H2,1H3,(H2,14,15,17,18). The molecule has 0 atom stereocenters. The minimum absolute atomic E-state index is 0.254. The van der Waals surface area contributed by atoms with Gasteiger partial charge in [0.15, 0.2) is 10.2 Å². The van der Waals surface area contributed by atoms with E-state index < -0.39 is 0 Å². The van der Waals surface area contributed by atoms with Crippen LogP contribution in [0.5, 0.6) is 5.06 Å². The van der Waals surface area contributed by atoms with Gasteiger partial charge in [-0.05, 0) is 19.3 Å². The van der Waals surface area contributed by atoms with Crippen molar-refractivity contribution in [3.05, 3.63) is 21.8 Å². The number of fused-ring (bicyclic) bond motifs is 1. The van der Waals surface area contributed by atoms with Crippen LogP contribution in [0.3, 0.4) is 0 Å². The van der Waals surface area contributed by atoms with Gasteiger partial charge < -0.3 is 10.1 Å². The normalized spacial score (nSPS) is 13.0. The fourth-order valence-electron chi connectivity index (χ4n) is 2.19. The minimum atomic E-state index is -0.254. The van der Waals surface area contributed by atoms with Crippen LogP contribution in [0.1, 0.15) is 22.0 Å². The lowest BCUT2D eigenvalue weighted by Gasteiger charge is -2.03. The van der Waals surface area contributed by atoms with Crippen LogP contribution in [0.4, 0.5) is 9.93 Å². The van der Waals surface area contributed by atoms with Crippen molar-refractivity contribution in [2.24, 2.45) is 0 Å². The molecule has 8 heteroatoms. The Balaban J connectivity index is 1.43. The highest BCUT2D eigenvalue weighted by molar-refractivity contribution is 7.17. The van der Waals surface area contributed by atoms with Gasteiger partial charge in [-0.2, -0.15) is 0 Å². The summed E-state index contributed by atoms with van der Waals surface area (Å²) in [5.41, 5.74) is 1.26. The first-order valence-electron chi connectivity index (χ1n) is 6.76. The van der Waals surface area contributed by atoms with Gasteiger partial charge >= 0.3 is 6.03 Å². The molecule has 6 nitrogen and oxygen atoms in total. The molecule has 0 radical (unpaired) electrons. The van der Waals surface area contributed by atoms with E-state index in [-0.39, 0.29) is 6.03 Å². The van der Waals surface area contributed by atoms with E-state index in [2.05, 4.69) is 20.6 Å². The van der Waals surface area contributed by atoms with E-state index in [4.69, 9.17) is 4.74 Å². The molecule has 2 heterocycles. The third kappa shape index (κ3) is 3.51. The van der Waals surface area contributed by atoms with Crippen LogP contribution in [0.25, 0.3) is 0 Å². The van der Waals surface area contributed by atoms with Gasteiger partial charge in [0.2, 0.25) is 0 Å². The van der Waals surface area contributed by atoms with Crippen molar-refractivity contribution in [1.29, 1.82) is 0 Å². The Morgan fingerprint density at radius 3 is 3.10 bits per heavy atom. The number of methoxy groups -OCH3 is 1. The van der Waals surface area contributed by atoms with Crippen LogP contribution in [0.2, 0.25) is 0 Å². The zero-order valence-corrected chi connectivity index (χ0v) is 13.3. The maximum atomic E-state index is 11.7. The van der Waals surface area contributed by atoms with Gasteiger partial charge in [0, 0.05) is 17.8 Å². The molecule has 0 unspecified atom stereocenters. The van der Waals surface area contributed by atoms with Gasteiger partial charge in [-0.25, -0.2) is 14.8 Å². The molecule has 1 aliphatic carbocycles. The predicted octanol–water partition coefficient (Wildman–Crippen LogP) is 2.46. The van der Waals surface area contributed by atoms with E-state index in [1.165, 1.54) is 28.3 Å². The largest absolute Gasteiger partial charge is 0.486 e. The van der Waals surface area contributed by atoms with E-state index in [1.54, 1.807) is 24.6 Å². The summed E-state index contributed by atoms with van der Waals surface area (Å²) in [6, 6.07) is -0.254. The van der Waals surface area contributed by atoms with Crippen molar-refractivity contribution in [1.82, 2.24) is 15.3 Å². The molecule has 2 N–H and O–H groups in total. The van der Waals surface area contributed by atoms with E-state index in [0.717, 1.165) is 24.3 Å². The number of carbonyl (C=O) groups excluding carboxylic acids is 1. The molecule has 0 aliphatic heterocycles. The maximum absolute atomic E-state index is 11.7. The monoisotopic (exact) mass is 324 g/mol. The average molecular weight is 324 g/mol. The van der Waals surface area contributed by atoms with Crippen molar-refractivity contribution in [3.8, 4) is 5.06 Å². The number of hydrogen-bond donors (Lipinski definition) is 2. The molecule has 2 aromatic rings. The summed E-state index contributed by atoms with van der Waals surface area (Å²) in [5, 5.41) is 7.80. The number of rotatable bonds is 5. The first-order chi connectivity index (χ1) is 10.2. The molecule has 2 amide bonds.